The zero-order valence-electron chi connectivity index (χ0n) is 11.9. The van der Waals surface area contributed by atoms with Crippen LogP contribution in [0.3, 0.4) is 0 Å². The van der Waals surface area contributed by atoms with Crippen LogP contribution in [0, 0.1) is 17.8 Å². The maximum Gasteiger partial charge on any atom is 0.00672 e. The van der Waals surface area contributed by atoms with E-state index >= 15 is 0 Å². The van der Waals surface area contributed by atoms with Gasteiger partial charge < -0.3 is 5.32 Å². The summed E-state index contributed by atoms with van der Waals surface area (Å²) in [4.78, 5) is 0. The minimum absolute atomic E-state index is 0.833. The van der Waals surface area contributed by atoms with Gasteiger partial charge in [0.05, 0.1) is 0 Å². The number of rotatable bonds is 4. The van der Waals surface area contributed by atoms with Crippen molar-refractivity contribution >= 4 is 0 Å². The summed E-state index contributed by atoms with van der Waals surface area (Å²) in [7, 11) is 0. The van der Waals surface area contributed by atoms with E-state index in [0.29, 0.717) is 0 Å². The summed E-state index contributed by atoms with van der Waals surface area (Å²) >= 11 is 0. The fourth-order valence-electron chi connectivity index (χ4n) is 3.75. The average Bonchev–Trinajstić information content (AvgIpc) is 2.70. The standard InChI is InChI=1S/C16H31N/c1-13(2)15-8-5-9-16(11-10-15)17-12-14-6-3-4-7-14/h13-17H,3-12H2,1-2H3. The maximum absolute atomic E-state index is 3.86. The normalized spacial score (nSPS) is 31.9. The van der Waals surface area contributed by atoms with Crippen molar-refractivity contribution in [1.29, 1.82) is 0 Å². The summed E-state index contributed by atoms with van der Waals surface area (Å²) in [6.45, 7) is 6.10. The van der Waals surface area contributed by atoms with Gasteiger partial charge in [-0.2, -0.15) is 0 Å². The number of hydrogen-bond donors (Lipinski definition) is 1. The number of hydrogen-bond acceptors (Lipinski definition) is 1. The molecule has 1 nitrogen and oxygen atoms in total. The molecule has 0 saturated heterocycles. The first-order chi connectivity index (χ1) is 8.25. The summed E-state index contributed by atoms with van der Waals surface area (Å²) in [6.07, 6.45) is 13.2. The molecule has 1 N–H and O–H groups in total. The molecule has 0 heterocycles. The van der Waals surface area contributed by atoms with Crippen LogP contribution in [0.5, 0.6) is 0 Å². The van der Waals surface area contributed by atoms with Crippen LogP contribution in [0.1, 0.15) is 71.6 Å². The second kappa shape index (κ2) is 6.78. The van der Waals surface area contributed by atoms with E-state index in [9.17, 15) is 0 Å². The Morgan fingerprint density at radius 2 is 1.65 bits per heavy atom. The van der Waals surface area contributed by atoms with Crippen molar-refractivity contribution < 1.29 is 0 Å². The van der Waals surface area contributed by atoms with E-state index in [-0.39, 0.29) is 0 Å². The van der Waals surface area contributed by atoms with Crippen molar-refractivity contribution in [3.63, 3.8) is 0 Å². The van der Waals surface area contributed by atoms with E-state index in [1.165, 1.54) is 64.3 Å². The Morgan fingerprint density at radius 3 is 2.35 bits per heavy atom. The van der Waals surface area contributed by atoms with Crippen molar-refractivity contribution in [2.24, 2.45) is 17.8 Å². The monoisotopic (exact) mass is 237 g/mol. The largest absolute Gasteiger partial charge is 0.314 e. The molecule has 2 aliphatic rings. The smallest absolute Gasteiger partial charge is 0.00672 e. The Balaban J connectivity index is 1.67. The highest BCUT2D eigenvalue weighted by molar-refractivity contribution is 4.78. The van der Waals surface area contributed by atoms with Crippen molar-refractivity contribution in [1.82, 2.24) is 5.32 Å². The molecule has 2 unspecified atom stereocenters. The summed E-state index contributed by atoms with van der Waals surface area (Å²) in [6, 6.07) is 0.833. The Kier molecular flexibility index (Phi) is 5.34. The molecule has 2 atom stereocenters. The van der Waals surface area contributed by atoms with Crippen LogP contribution in [-0.4, -0.2) is 12.6 Å². The lowest BCUT2D eigenvalue weighted by atomic mass is 9.89. The molecule has 0 bridgehead atoms. The summed E-state index contributed by atoms with van der Waals surface area (Å²) < 4.78 is 0. The molecule has 100 valence electrons. The van der Waals surface area contributed by atoms with Crippen LogP contribution in [0.4, 0.5) is 0 Å². The van der Waals surface area contributed by atoms with Gasteiger partial charge in [0.1, 0.15) is 0 Å². The van der Waals surface area contributed by atoms with Crippen LogP contribution < -0.4 is 5.32 Å². The van der Waals surface area contributed by atoms with Gasteiger partial charge in [0.2, 0.25) is 0 Å². The third kappa shape index (κ3) is 4.28. The first-order valence-corrected chi connectivity index (χ1v) is 7.99. The maximum atomic E-state index is 3.86. The lowest BCUT2D eigenvalue weighted by Gasteiger charge is -2.20. The predicted octanol–water partition coefficient (Wildman–Crippen LogP) is 4.37. The third-order valence-electron chi connectivity index (χ3n) is 5.13. The molecule has 2 rings (SSSR count). The molecule has 0 aromatic heterocycles. The molecule has 2 fully saturated rings. The zero-order chi connectivity index (χ0) is 12.1. The van der Waals surface area contributed by atoms with Crippen molar-refractivity contribution in [3.05, 3.63) is 0 Å². The van der Waals surface area contributed by atoms with Gasteiger partial charge >= 0.3 is 0 Å². The van der Waals surface area contributed by atoms with Crippen molar-refractivity contribution in [3.8, 4) is 0 Å². The van der Waals surface area contributed by atoms with E-state index in [0.717, 1.165) is 23.8 Å². The molecule has 0 aliphatic heterocycles. The fraction of sp³-hybridized carbons (Fsp3) is 1.00. The summed E-state index contributed by atoms with van der Waals surface area (Å²) in [5, 5.41) is 3.86. The second-order valence-electron chi connectivity index (χ2n) is 6.77. The van der Waals surface area contributed by atoms with Gasteiger partial charge in [0.25, 0.3) is 0 Å². The topological polar surface area (TPSA) is 12.0 Å². The van der Waals surface area contributed by atoms with Crippen molar-refractivity contribution in [2.45, 2.75) is 77.7 Å². The molecule has 0 amide bonds. The molecule has 2 aliphatic carbocycles. The van der Waals surface area contributed by atoms with Gasteiger partial charge in [-0.05, 0) is 56.4 Å². The minimum Gasteiger partial charge on any atom is -0.314 e. The van der Waals surface area contributed by atoms with Gasteiger partial charge in [0, 0.05) is 6.04 Å². The van der Waals surface area contributed by atoms with E-state index in [1.807, 2.05) is 0 Å². The number of nitrogens with one attached hydrogen (secondary N) is 1. The first kappa shape index (κ1) is 13.4. The van der Waals surface area contributed by atoms with Gasteiger partial charge in [-0.15, -0.1) is 0 Å². The zero-order valence-corrected chi connectivity index (χ0v) is 11.9. The highest BCUT2D eigenvalue weighted by Crippen LogP contribution is 2.29. The Bertz CT molecular complexity index is 206. The van der Waals surface area contributed by atoms with Crippen LogP contribution >= 0.6 is 0 Å². The lowest BCUT2D eigenvalue weighted by Crippen LogP contribution is -2.32. The molecule has 0 aromatic rings. The van der Waals surface area contributed by atoms with Gasteiger partial charge in [0.15, 0.2) is 0 Å². The van der Waals surface area contributed by atoms with E-state index in [2.05, 4.69) is 19.2 Å². The Labute approximate surface area is 108 Å². The molecule has 17 heavy (non-hydrogen) atoms. The highest BCUT2D eigenvalue weighted by atomic mass is 14.9. The second-order valence-corrected chi connectivity index (χ2v) is 6.77. The molecule has 1 heteroatoms. The van der Waals surface area contributed by atoms with E-state index in [1.54, 1.807) is 0 Å². The first-order valence-electron chi connectivity index (χ1n) is 7.99. The van der Waals surface area contributed by atoms with Crippen LogP contribution in [-0.2, 0) is 0 Å². The molecule has 0 radical (unpaired) electrons. The van der Waals surface area contributed by atoms with Crippen molar-refractivity contribution in [2.75, 3.05) is 6.54 Å². The quantitative estimate of drug-likeness (QED) is 0.716. The summed E-state index contributed by atoms with van der Waals surface area (Å²) in [5.41, 5.74) is 0. The highest BCUT2D eigenvalue weighted by Gasteiger charge is 2.22. The Morgan fingerprint density at radius 1 is 0.882 bits per heavy atom. The van der Waals surface area contributed by atoms with Crippen LogP contribution in [0.15, 0.2) is 0 Å². The molecular formula is C16H31N. The van der Waals surface area contributed by atoms with Gasteiger partial charge in [-0.1, -0.05) is 39.5 Å². The third-order valence-corrected chi connectivity index (χ3v) is 5.13. The predicted molar refractivity (Wildman–Crippen MR) is 75.2 cm³/mol. The van der Waals surface area contributed by atoms with Crippen LogP contribution in [0.2, 0.25) is 0 Å². The van der Waals surface area contributed by atoms with Gasteiger partial charge in [-0.25, -0.2) is 0 Å². The van der Waals surface area contributed by atoms with E-state index < -0.39 is 0 Å². The fourth-order valence-corrected chi connectivity index (χ4v) is 3.75. The molecule has 0 aromatic carbocycles. The molecule has 2 saturated carbocycles. The summed E-state index contributed by atoms with van der Waals surface area (Å²) in [5.74, 6) is 2.89. The lowest BCUT2D eigenvalue weighted by molar-refractivity contribution is 0.335. The molecular weight excluding hydrogens is 206 g/mol. The SMILES string of the molecule is CC(C)C1CCCC(NCC2CCCC2)CC1. The van der Waals surface area contributed by atoms with Gasteiger partial charge in [-0.3, -0.25) is 0 Å². The molecule has 0 spiro atoms. The van der Waals surface area contributed by atoms with E-state index in [4.69, 9.17) is 0 Å². The minimum atomic E-state index is 0.833. The van der Waals surface area contributed by atoms with Crippen LogP contribution in [0.25, 0.3) is 0 Å². The Hall–Kier alpha value is -0.0400. The average molecular weight is 237 g/mol.